The predicted octanol–water partition coefficient (Wildman–Crippen LogP) is 3.56. The van der Waals surface area contributed by atoms with Crippen LogP contribution in [-0.4, -0.2) is 19.8 Å². The molecule has 0 aromatic heterocycles. The Balaban J connectivity index is 1.94. The van der Waals surface area contributed by atoms with E-state index >= 15 is 0 Å². The van der Waals surface area contributed by atoms with E-state index in [9.17, 15) is 0 Å². The summed E-state index contributed by atoms with van der Waals surface area (Å²) in [6, 6.07) is 16.4. The van der Waals surface area contributed by atoms with Crippen LogP contribution in [0.3, 0.4) is 0 Å². The van der Waals surface area contributed by atoms with Crippen LogP contribution in [0.5, 0.6) is 11.5 Å². The quantitative estimate of drug-likeness (QED) is 0.846. The molecular weight excluding hydrogens is 262 g/mol. The van der Waals surface area contributed by atoms with Gasteiger partial charge in [-0.25, -0.2) is 0 Å². The number of hydrogen-bond acceptors (Lipinski definition) is 3. The van der Waals surface area contributed by atoms with Gasteiger partial charge in [0.15, 0.2) is 0 Å². The first kappa shape index (κ1) is 15.5. The summed E-state index contributed by atoms with van der Waals surface area (Å²) >= 11 is 0. The number of rotatable bonds is 7. The van der Waals surface area contributed by atoms with E-state index in [2.05, 4.69) is 24.3 Å². The summed E-state index contributed by atoms with van der Waals surface area (Å²) in [6.45, 7) is 2.75. The third-order valence-electron chi connectivity index (χ3n) is 3.23. The molecule has 2 N–H and O–H groups in total. The lowest BCUT2D eigenvalue weighted by atomic mass is 10.1. The molecule has 0 aliphatic carbocycles. The molecule has 0 radical (unpaired) electrons. The molecule has 0 aliphatic rings. The predicted molar refractivity (Wildman–Crippen MR) is 85.9 cm³/mol. The van der Waals surface area contributed by atoms with Gasteiger partial charge in [0.25, 0.3) is 0 Å². The van der Waals surface area contributed by atoms with Crippen LogP contribution in [0.4, 0.5) is 0 Å². The van der Waals surface area contributed by atoms with E-state index < -0.39 is 0 Å². The van der Waals surface area contributed by atoms with Crippen molar-refractivity contribution >= 4 is 0 Å². The van der Waals surface area contributed by atoms with Crippen LogP contribution >= 0.6 is 0 Å². The first-order valence-corrected chi connectivity index (χ1v) is 7.27. The van der Waals surface area contributed by atoms with E-state index in [1.54, 1.807) is 7.11 Å². The van der Waals surface area contributed by atoms with E-state index in [1.807, 2.05) is 31.2 Å². The zero-order valence-electron chi connectivity index (χ0n) is 12.7. The summed E-state index contributed by atoms with van der Waals surface area (Å²) in [5.74, 6) is 1.68. The maximum Gasteiger partial charge on any atom is 0.127 e. The van der Waals surface area contributed by atoms with Crippen LogP contribution in [0.15, 0.2) is 48.5 Å². The van der Waals surface area contributed by atoms with Crippen LogP contribution in [0.2, 0.25) is 0 Å². The Morgan fingerprint density at radius 1 is 0.905 bits per heavy atom. The van der Waals surface area contributed by atoms with Gasteiger partial charge in [0, 0.05) is 13.2 Å². The molecule has 3 nitrogen and oxygen atoms in total. The molecule has 1 unspecified atom stereocenters. The Morgan fingerprint density at radius 2 is 1.43 bits per heavy atom. The largest absolute Gasteiger partial charge is 0.457 e. The highest BCUT2D eigenvalue weighted by Gasteiger charge is 2.01. The molecule has 0 heterocycles. The minimum atomic E-state index is 0.177. The standard InChI is InChI=1S/C18H23NO2/c1-14(19)13-16-5-9-18(10-6-16)21-17-7-3-15(4-8-17)11-12-20-2/h3-10,14H,11-13,19H2,1-2H3. The first-order valence-electron chi connectivity index (χ1n) is 7.27. The molecule has 0 saturated carbocycles. The molecule has 0 spiro atoms. The van der Waals surface area contributed by atoms with Gasteiger partial charge < -0.3 is 15.2 Å². The molecule has 0 bridgehead atoms. The van der Waals surface area contributed by atoms with Crippen LogP contribution < -0.4 is 10.5 Å². The van der Waals surface area contributed by atoms with Gasteiger partial charge in [-0.15, -0.1) is 0 Å². The minimum Gasteiger partial charge on any atom is -0.457 e. The summed E-state index contributed by atoms with van der Waals surface area (Å²) in [7, 11) is 1.71. The average Bonchev–Trinajstić information content (AvgIpc) is 2.48. The Bertz CT molecular complexity index is 532. The third-order valence-corrected chi connectivity index (χ3v) is 3.23. The van der Waals surface area contributed by atoms with Crippen LogP contribution in [0.1, 0.15) is 18.1 Å². The van der Waals surface area contributed by atoms with E-state index in [0.29, 0.717) is 0 Å². The van der Waals surface area contributed by atoms with Gasteiger partial charge in [0.1, 0.15) is 11.5 Å². The zero-order chi connectivity index (χ0) is 15.1. The molecule has 3 heteroatoms. The maximum absolute atomic E-state index is 5.84. The van der Waals surface area contributed by atoms with Crippen molar-refractivity contribution in [3.05, 3.63) is 59.7 Å². The van der Waals surface area contributed by atoms with Crippen LogP contribution in [0, 0.1) is 0 Å². The van der Waals surface area contributed by atoms with E-state index in [0.717, 1.165) is 30.9 Å². The van der Waals surface area contributed by atoms with Gasteiger partial charge in [-0.3, -0.25) is 0 Å². The van der Waals surface area contributed by atoms with Crippen LogP contribution in [0.25, 0.3) is 0 Å². The van der Waals surface area contributed by atoms with Crippen molar-refractivity contribution < 1.29 is 9.47 Å². The fourth-order valence-corrected chi connectivity index (χ4v) is 2.15. The molecule has 0 aliphatic heterocycles. The molecule has 1 atom stereocenters. The summed E-state index contributed by atoms with van der Waals surface area (Å²) < 4.78 is 10.9. The fraction of sp³-hybridized carbons (Fsp3) is 0.333. The zero-order valence-corrected chi connectivity index (χ0v) is 12.7. The van der Waals surface area contributed by atoms with Gasteiger partial charge in [0.2, 0.25) is 0 Å². The van der Waals surface area contributed by atoms with Gasteiger partial charge in [-0.1, -0.05) is 24.3 Å². The van der Waals surface area contributed by atoms with Crippen molar-refractivity contribution in [2.45, 2.75) is 25.8 Å². The van der Waals surface area contributed by atoms with Crippen molar-refractivity contribution in [3.8, 4) is 11.5 Å². The number of methoxy groups -OCH3 is 1. The van der Waals surface area contributed by atoms with E-state index in [1.165, 1.54) is 11.1 Å². The molecule has 21 heavy (non-hydrogen) atoms. The molecule has 2 rings (SSSR count). The number of benzene rings is 2. The highest BCUT2D eigenvalue weighted by atomic mass is 16.5. The summed E-state index contributed by atoms with van der Waals surface area (Å²) in [5, 5.41) is 0. The molecular formula is C18H23NO2. The molecule has 0 fully saturated rings. The monoisotopic (exact) mass is 285 g/mol. The van der Waals surface area contributed by atoms with Gasteiger partial charge in [0.05, 0.1) is 6.61 Å². The molecule has 2 aromatic carbocycles. The number of hydrogen-bond donors (Lipinski definition) is 1. The molecule has 0 saturated heterocycles. The third kappa shape index (κ3) is 5.21. The lowest BCUT2D eigenvalue weighted by Gasteiger charge is -2.09. The molecule has 0 amide bonds. The summed E-state index contributed by atoms with van der Waals surface area (Å²) in [4.78, 5) is 0. The van der Waals surface area contributed by atoms with E-state index in [4.69, 9.17) is 15.2 Å². The maximum atomic E-state index is 5.84. The Kier molecular flexibility index (Phi) is 5.78. The Morgan fingerprint density at radius 3 is 1.90 bits per heavy atom. The summed E-state index contributed by atoms with van der Waals surface area (Å²) in [5.41, 5.74) is 8.27. The van der Waals surface area contributed by atoms with Gasteiger partial charge in [-0.2, -0.15) is 0 Å². The summed E-state index contributed by atoms with van der Waals surface area (Å²) in [6.07, 6.45) is 1.80. The Hall–Kier alpha value is -1.84. The van der Waals surface area contributed by atoms with Crippen molar-refractivity contribution in [1.82, 2.24) is 0 Å². The van der Waals surface area contributed by atoms with Gasteiger partial charge >= 0.3 is 0 Å². The topological polar surface area (TPSA) is 44.5 Å². The molecule has 112 valence electrons. The van der Waals surface area contributed by atoms with E-state index in [-0.39, 0.29) is 6.04 Å². The highest BCUT2D eigenvalue weighted by molar-refractivity contribution is 5.34. The fourth-order valence-electron chi connectivity index (χ4n) is 2.15. The second-order valence-electron chi connectivity index (χ2n) is 5.31. The van der Waals surface area contributed by atoms with Gasteiger partial charge in [-0.05, 0) is 55.2 Å². The Labute approximate surface area is 126 Å². The average molecular weight is 285 g/mol. The van der Waals surface area contributed by atoms with Crippen molar-refractivity contribution in [2.24, 2.45) is 5.73 Å². The highest BCUT2D eigenvalue weighted by Crippen LogP contribution is 2.22. The molecule has 2 aromatic rings. The lowest BCUT2D eigenvalue weighted by Crippen LogP contribution is -2.17. The van der Waals surface area contributed by atoms with Crippen molar-refractivity contribution in [1.29, 1.82) is 0 Å². The lowest BCUT2D eigenvalue weighted by molar-refractivity contribution is 0.202. The van der Waals surface area contributed by atoms with Crippen molar-refractivity contribution in [3.63, 3.8) is 0 Å². The van der Waals surface area contributed by atoms with Crippen LogP contribution in [-0.2, 0) is 17.6 Å². The first-order chi connectivity index (χ1) is 10.2. The normalized spacial score (nSPS) is 12.1. The second kappa shape index (κ2) is 7.81. The second-order valence-corrected chi connectivity index (χ2v) is 5.31. The number of nitrogens with two attached hydrogens (primary N) is 1. The van der Waals surface area contributed by atoms with Crippen molar-refractivity contribution in [2.75, 3.05) is 13.7 Å². The number of ether oxygens (including phenoxy) is 2. The SMILES string of the molecule is COCCc1ccc(Oc2ccc(CC(C)N)cc2)cc1. The smallest absolute Gasteiger partial charge is 0.127 e. The minimum absolute atomic E-state index is 0.177.